The first-order chi connectivity index (χ1) is 10.2. The van der Waals surface area contributed by atoms with Crippen LogP contribution in [-0.4, -0.2) is 34.0 Å². The van der Waals surface area contributed by atoms with Gasteiger partial charge in [-0.2, -0.15) is 15.0 Å². The van der Waals surface area contributed by atoms with Crippen LogP contribution in [0.5, 0.6) is 0 Å². The molecule has 0 saturated carbocycles. The molecule has 0 bridgehead atoms. The fraction of sp³-hybridized carbons (Fsp3) is 0.400. The molecule has 1 amide bonds. The minimum atomic E-state index is -0.284. The quantitative estimate of drug-likeness (QED) is 0.898. The van der Waals surface area contributed by atoms with Gasteiger partial charge in [-0.1, -0.05) is 6.92 Å². The van der Waals surface area contributed by atoms with E-state index < -0.39 is 0 Å². The third-order valence-corrected chi connectivity index (χ3v) is 4.03. The smallest absolute Gasteiger partial charge is 0.230 e. The molecule has 1 aliphatic heterocycles. The van der Waals surface area contributed by atoms with Crippen molar-refractivity contribution in [1.29, 1.82) is 0 Å². The molecule has 6 heteroatoms. The van der Waals surface area contributed by atoms with Gasteiger partial charge >= 0.3 is 0 Å². The van der Waals surface area contributed by atoms with E-state index in [0.29, 0.717) is 0 Å². The molecule has 1 aromatic heterocycles. The van der Waals surface area contributed by atoms with Gasteiger partial charge in [-0.3, -0.25) is 4.79 Å². The van der Waals surface area contributed by atoms with Gasteiger partial charge < -0.3 is 10.6 Å². The minimum Gasteiger partial charge on any atom is -0.326 e. The van der Waals surface area contributed by atoms with Crippen LogP contribution in [-0.2, 0) is 4.79 Å². The summed E-state index contributed by atoms with van der Waals surface area (Å²) in [6.45, 7) is 3.83. The highest BCUT2D eigenvalue weighted by Crippen LogP contribution is 2.29. The van der Waals surface area contributed by atoms with Gasteiger partial charge in [0.2, 0.25) is 5.91 Å². The van der Waals surface area contributed by atoms with Gasteiger partial charge in [-0.05, 0) is 50.2 Å². The van der Waals surface area contributed by atoms with Gasteiger partial charge in [0.15, 0.2) is 0 Å². The lowest BCUT2D eigenvalue weighted by Crippen LogP contribution is -2.42. The molecular weight excluding hydrogens is 266 g/mol. The zero-order valence-corrected chi connectivity index (χ0v) is 12.0. The van der Waals surface area contributed by atoms with E-state index in [1.165, 1.54) is 0 Å². The lowest BCUT2D eigenvalue weighted by Gasteiger charge is -2.32. The first-order valence-electron chi connectivity index (χ1n) is 7.16. The Morgan fingerprint density at radius 1 is 1.19 bits per heavy atom. The molecule has 1 aromatic carbocycles. The van der Waals surface area contributed by atoms with Crippen molar-refractivity contribution in [1.82, 2.24) is 20.3 Å². The van der Waals surface area contributed by atoms with Crippen molar-refractivity contribution in [3.8, 4) is 5.69 Å². The van der Waals surface area contributed by atoms with E-state index in [9.17, 15) is 4.79 Å². The molecule has 0 spiro atoms. The average Bonchev–Trinajstić information content (AvgIpc) is 3.03. The zero-order chi connectivity index (χ0) is 14.7. The molecule has 1 fully saturated rings. The van der Waals surface area contributed by atoms with Crippen molar-refractivity contribution in [3.05, 3.63) is 36.7 Å². The number of benzene rings is 1. The van der Waals surface area contributed by atoms with E-state index in [1.54, 1.807) is 17.2 Å². The number of rotatable bonds is 3. The van der Waals surface area contributed by atoms with Crippen molar-refractivity contribution in [2.75, 3.05) is 18.4 Å². The zero-order valence-electron chi connectivity index (χ0n) is 12.0. The van der Waals surface area contributed by atoms with Crippen molar-refractivity contribution in [3.63, 3.8) is 0 Å². The lowest BCUT2D eigenvalue weighted by molar-refractivity contribution is -0.126. The van der Waals surface area contributed by atoms with E-state index >= 15 is 0 Å². The van der Waals surface area contributed by atoms with Gasteiger partial charge in [0.25, 0.3) is 0 Å². The van der Waals surface area contributed by atoms with Crippen LogP contribution in [0, 0.1) is 5.41 Å². The number of carbonyl (C=O) groups is 1. The number of hydrogen-bond acceptors (Lipinski definition) is 4. The molecule has 2 N–H and O–H groups in total. The lowest BCUT2D eigenvalue weighted by atomic mass is 9.80. The summed E-state index contributed by atoms with van der Waals surface area (Å²) in [6, 6.07) is 7.53. The number of nitrogens with zero attached hydrogens (tertiary/aromatic N) is 3. The van der Waals surface area contributed by atoms with Crippen LogP contribution in [0.25, 0.3) is 5.69 Å². The van der Waals surface area contributed by atoms with Crippen LogP contribution in [0.3, 0.4) is 0 Å². The van der Waals surface area contributed by atoms with Crippen LogP contribution < -0.4 is 10.6 Å². The van der Waals surface area contributed by atoms with E-state index in [4.69, 9.17) is 0 Å². The third kappa shape index (κ3) is 2.95. The number of nitrogens with one attached hydrogen (secondary N) is 2. The Morgan fingerprint density at radius 3 is 2.43 bits per heavy atom. The largest absolute Gasteiger partial charge is 0.326 e. The summed E-state index contributed by atoms with van der Waals surface area (Å²) in [6.07, 6.45) is 5.00. The summed E-state index contributed by atoms with van der Waals surface area (Å²) < 4.78 is 0. The van der Waals surface area contributed by atoms with Gasteiger partial charge in [0.05, 0.1) is 18.1 Å². The van der Waals surface area contributed by atoms with Gasteiger partial charge in [-0.15, -0.1) is 0 Å². The van der Waals surface area contributed by atoms with Crippen molar-refractivity contribution in [2.45, 2.75) is 19.8 Å². The highest BCUT2D eigenvalue weighted by atomic mass is 16.2. The maximum Gasteiger partial charge on any atom is 0.230 e. The number of amides is 1. The Balaban J connectivity index is 1.69. The summed E-state index contributed by atoms with van der Waals surface area (Å²) in [5, 5.41) is 14.4. The van der Waals surface area contributed by atoms with E-state index in [0.717, 1.165) is 37.3 Å². The Kier molecular flexibility index (Phi) is 3.70. The van der Waals surface area contributed by atoms with Gasteiger partial charge in [0, 0.05) is 11.1 Å². The summed E-state index contributed by atoms with van der Waals surface area (Å²) in [5.74, 6) is 0.0916. The maximum atomic E-state index is 12.4. The predicted octanol–water partition coefficient (Wildman–Crippen LogP) is 1.60. The molecule has 21 heavy (non-hydrogen) atoms. The van der Waals surface area contributed by atoms with Crippen LogP contribution >= 0.6 is 0 Å². The summed E-state index contributed by atoms with van der Waals surface area (Å²) in [7, 11) is 0. The van der Waals surface area contributed by atoms with Crippen LogP contribution in [0.1, 0.15) is 19.8 Å². The van der Waals surface area contributed by atoms with Crippen LogP contribution in [0.15, 0.2) is 36.7 Å². The molecule has 0 aliphatic carbocycles. The second-order valence-corrected chi connectivity index (χ2v) is 5.63. The average molecular weight is 285 g/mol. The molecule has 6 nitrogen and oxygen atoms in total. The number of aromatic nitrogens is 3. The number of carbonyl (C=O) groups excluding carboxylic acids is 1. The second-order valence-electron chi connectivity index (χ2n) is 5.63. The minimum absolute atomic E-state index is 0.0916. The first-order valence-corrected chi connectivity index (χ1v) is 7.16. The number of piperidine rings is 1. The topological polar surface area (TPSA) is 71.8 Å². The molecule has 2 aromatic rings. The Labute approximate surface area is 123 Å². The second kappa shape index (κ2) is 5.65. The number of anilines is 1. The molecule has 1 aliphatic rings. The molecule has 2 heterocycles. The Hall–Kier alpha value is -2.21. The van der Waals surface area contributed by atoms with Gasteiger partial charge in [0.1, 0.15) is 0 Å². The highest BCUT2D eigenvalue weighted by Gasteiger charge is 2.34. The van der Waals surface area contributed by atoms with E-state index in [-0.39, 0.29) is 11.3 Å². The fourth-order valence-corrected chi connectivity index (χ4v) is 2.51. The molecule has 0 unspecified atom stereocenters. The molecular formula is C15H19N5O. The highest BCUT2D eigenvalue weighted by molar-refractivity contribution is 5.95. The normalized spacial score (nSPS) is 17.4. The standard InChI is InChI=1S/C15H19N5O/c1-15(6-8-16-9-7-15)14(21)19-12-2-4-13(5-3-12)20-17-10-11-18-20/h2-5,10-11,16H,6-9H2,1H3,(H,19,21). The Bertz CT molecular complexity index is 600. The molecule has 0 radical (unpaired) electrons. The first kappa shape index (κ1) is 13.8. The molecule has 1 saturated heterocycles. The van der Waals surface area contributed by atoms with Crippen molar-refractivity contribution in [2.24, 2.45) is 5.41 Å². The van der Waals surface area contributed by atoms with Gasteiger partial charge in [-0.25, -0.2) is 0 Å². The summed E-state index contributed by atoms with van der Waals surface area (Å²) in [4.78, 5) is 14.0. The number of hydrogen-bond donors (Lipinski definition) is 2. The SMILES string of the molecule is CC1(C(=O)Nc2ccc(-n3nccn3)cc2)CCNCC1. The van der Waals surface area contributed by atoms with Crippen molar-refractivity contribution >= 4 is 11.6 Å². The van der Waals surface area contributed by atoms with E-state index in [1.807, 2.05) is 31.2 Å². The molecule has 110 valence electrons. The maximum absolute atomic E-state index is 12.4. The fourth-order valence-electron chi connectivity index (χ4n) is 2.51. The molecule has 0 atom stereocenters. The predicted molar refractivity (Wildman–Crippen MR) is 80.2 cm³/mol. The van der Waals surface area contributed by atoms with E-state index in [2.05, 4.69) is 20.8 Å². The Morgan fingerprint density at radius 2 is 1.81 bits per heavy atom. The summed E-state index contributed by atoms with van der Waals surface area (Å²) in [5.41, 5.74) is 1.38. The third-order valence-electron chi connectivity index (χ3n) is 4.03. The summed E-state index contributed by atoms with van der Waals surface area (Å²) >= 11 is 0. The monoisotopic (exact) mass is 285 g/mol. The van der Waals surface area contributed by atoms with Crippen LogP contribution in [0.4, 0.5) is 5.69 Å². The molecule has 3 rings (SSSR count). The van der Waals surface area contributed by atoms with Crippen LogP contribution in [0.2, 0.25) is 0 Å². The van der Waals surface area contributed by atoms with Crippen molar-refractivity contribution < 1.29 is 4.79 Å².